The van der Waals surface area contributed by atoms with Crippen molar-refractivity contribution in [1.82, 2.24) is 0 Å². The number of ketones is 1. The molecule has 2 aromatic carbocycles. The van der Waals surface area contributed by atoms with Gasteiger partial charge in [-0.25, -0.2) is 0 Å². The molecule has 1 aliphatic heterocycles. The molecule has 4 rings (SSSR count). The van der Waals surface area contributed by atoms with Gasteiger partial charge in [0.15, 0.2) is 28.8 Å². The van der Waals surface area contributed by atoms with Crippen molar-refractivity contribution in [2.45, 2.75) is 53.6 Å². The van der Waals surface area contributed by atoms with Gasteiger partial charge in [-0.05, 0) is 19.4 Å². The van der Waals surface area contributed by atoms with Crippen LogP contribution in [0.1, 0.15) is 73.4 Å². The Morgan fingerprint density at radius 2 is 1.22 bits per heavy atom. The topological polar surface area (TPSA) is 218 Å². The standard InChI is InChI=1S/C30H27NO14/c1-11(32)40-19-9-7-8-17-20(19)23(37)21-18(30(17,6)45-29(21)39)10-16-24(41-12(2)33)26(43-14(4)35)22(28(31)38)27(44-15(5)36)25(16)42-13(3)34/h7-9,18,21H,10H2,1-6H3,(H2,31,38)/t18-,21+,30+/m0/s1. The smallest absolute Gasteiger partial charge is 0.318 e. The van der Waals surface area contributed by atoms with E-state index < -0.39 is 99.9 Å². The number of benzene rings is 2. The molecule has 0 spiro atoms. The average molecular weight is 626 g/mol. The zero-order valence-corrected chi connectivity index (χ0v) is 24.9. The summed E-state index contributed by atoms with van der Waals surface area (Å²) in [6.45, 7) is 6.50. The maximum Gasteiger partial charge on any atom is 0.318 e. The molecule has 3 atom stereocenters. The monoisotopic (exact) mass is 625 g/mol. The molecule has 1 fully saturated rings. The number of carbonyl (C=O) groups excluding carboxylic acids is 8. The van der Waals surface area contributed by atoms with Crippen molar-refractivity contribution in [2.75, 3.05) is 0 Å². The lowest BCUT2D eigenvalue weighted by Gasteiger charge is -2.37. The van der Waals surface area contributed by atoms with Gasteiger partial charge in [-0.1, -0.05) is 12.1 Å². The van der Waals surface area contributed by atoms with Gasteiger partial charge < -0.3 is 34.2 Å². The van der Waals surface area contributed by atoms with Crippen LogP contribution in [0.3, 0.4) is 0 Å². The first-order chi connectivity index (χ1) is 21.0. The van der Waals surface area contributed by atoms with Gasteiger partial charge in [0.2, 0.25) is 0 Å². The molecule has 0 aromatic heterocycles. The number of nitrogens with two attached hydrogens (primary N) is 1. The fourth-order valence-electron chi connectivity index (χ4n) is 5.60. The van der Waals surface area contributed by atoms with E-state index in [-0.39, 0.29) is 22.4 Å². The van der Waals surface area contributed by atoms with E-state index in [4.69, 9.17) is 34.2 Å². The number of primary amides is 1. The largest absolute Gasteiger partial charge is 0.454 e. The molecule has 1 saturated heterocycles. The minimum Gasteiger partial charge on any atom is -0.454 e. The van der Waals surface area contributed by atoms with Gasteiger partial charge in [0.1, 0.15) is 22.8 Å². The zero-order valence-electron chi connectivity index (χ0n) is 24.9. The fourth-order valence-corrected chi connectivity index (χ4v) is 5.60. The van der Waals surface area contributed by atoms with Crippen molar-refractivity contribution in [3.8, 4) is 28.7 Å². The SMILES string of the molecule is CC(=O)Oc1cccc2c1C(=O)[C@@H]1C(=O)O[C@@]2(C)[C@H]1Cc1c(OC(C)=O)c(OC(C)=O)c(C(N)=O)c(OC(C)=O)c1OC(C)=O. The molecular weight excluding hydrogens is 598 g/mol. The van der Waals surface area contributed by atoms with Gasteiger partial charge in [-0.15, -0.1) is 0 Å². The molecule has 2 bridgehead atoms. The minimum absolute atomic E-state index is 0.0620. The third-order valence-electron chi connectivity index (χ3n) is 7.09. The molecule has 45 heavy (non-hydrogen) atoms. The van der Waals surface area contributed by atoms with Crippen LogP contribution in [-0.2, 0) is 45.5 Å². The van der Waals surface area contributed by atoms with E-state index in [1.807, 2.05) is 0 Å². The highest BCUT2D eigenvalue weighted by atomic mass is 16.6. The number of Topliss-reactive ketones (excluding diaryl/α,β-unsaturated/α-hetero) is 1. The Kier molecular flexibility index (Phi) is 8.49. The molecule has 236 valence electrons. The van der Waals surface area contributed by atoms with E-state index in [0.29, 0.717) is 0 Å². The van der Waals surface area contributed by atoms with Crippen molar-refractivity contribution in [3.63, 3.8) is 0 Å². The summed E-state index contributed by atoms with van der Waals surface area (Å²) < 4.78 is 32.2. The normalized spacial score (nSPS) is 19.5. The molecule has 0 radical (unpaired) electrons. The maximum absolute atomic E-state index is 13.9. The molecule has 2 N–H and O–H groups in total. The average Bonchev–Trinajstić information content (AvgIpc) is 3.10. The van der Waals surface area contributed by atoms with Gasteiger partial charge >= 0.3 is 35.8 Å². The van der Waals surface area contributed by atoms with Crippen LogP contribution in [-0.4, -0.2) is 47.5 Å². The lowest BCUT2D eigenvalue weighted by molar-refractivity contribution is -0.149. The molecule has 0 saturated carbocycles. The first kappa shape index (κ1) is 32.3. The van der Waals surface area contributed by atoms with Gasteiger partial charge in [0.05, 0.1) is 5.56 Å². The summed E-state index contributed by atoms with van der Waals surface area (Å²) >= 11 is 0. The molecule has 1 amide bonds. The molecule has 1 heterocycles. The lowest BCUT2D eigenvalue weighted by Crippen LogP contribution is -2.41. The second-order valence-corrected chi connectivity index (χ2v) is 10.4. The first-order valence-corrected chi connectivity index (χ1v) is 13.3. The minimum atomic E-state index is -1.60. The van der Waals surface area contributed by atoms with Crippen LogP contribution >= 0.6 is 0 Å². The highest BCUT2D eigenvalue weighted by Gasteiger charge is 2.62. The number of rotatable bonds is 8. The summed E-state index contributed by atoms with van der Waals surface area (Å²) in [6, 6.07) is 4.35. The number of hydrogen-bond acceptors (Lipinski definition) is 14. The van der Waals surface area contributed by atoms with Crippen LogP contribution in [0, 0.1) is 11.8 Å². The second-order valence-electron chi connectivity index (χ2n) is 10.4. The molecule has 0 unspecified atom stereocenters. The Labute approximate surface area is 254 Å². The van der Waals surface area contributed by atoms with Crippen LogP contribution in [0.25, 0.3) is 0 Å². The van der Waals surface area contributed by atoms with Crippen molar-refractivity contribution >= 4 is 47.5 Å². The number of amides is 1. The first-order valence-electron chi connectivity index (χ1n) is 13.3. The van der Waals surface area contributed by atoms with Crippen LogP contribution in [0.5, 0.6) is 28.7 Å². The lowest BCUT2D eigenvalue weighted by atomic mass is 9.66. The summed E-state index contributed by atoms with van der Waals surface area (Å²) in [5.74, 6) is -13.3. The Balaban J connectivity index is 2.09. The number of carbonyl (C=O) groups is 8. The third-order valence-corrected chi connectivity index (χ3v) is 7.09. The third kappa shape index (κ3) is 5.83. The summed E-state index contributed by atoms with van der Waals surface area (Å²) in [7, 11) is 0. The van der Waals surface area contributed by atoms with Crippen LogP contribution in [0.15, 0.2) is 18.2 Å². The molecule has 15 heteroatoms. The molecule has 1 aliphatic carbocycles. The van der Waals surface area contributed by atoms with E-state index in [1.165, 1.54) is 25.1 Å². The van der Waals surface area contributed by atoms with E-state index in [2.05, 4.69) is 0 Å². The summed E-state index contributed by atoms with van der Waals surface area (Å²) in [6.07, 6.45) is -0.497. The van der Waals surface area contributed by atoms with Crippen molar-refractivity contribution in [3.05, 3.63) is 40.5 Å². The van der Waals surface area contributed by atoms with Crippen molar-refractivity contribution < 1.29 is 66.8 Å². The predicted octanol–water partition coefficient (Wildman–Crippen LogP) is 1.86. The summed E-state index contributed by atoms with van der Waals surface area (Å²) in [5, 5.41) is 0. The van der Waals surface area contributed by atoms with Crippen molar-refractivity contribution in [1.29, 1.82) is 0 Å². The van der Waals surface area contributed by atoms with Crippen LogP contribution in [0.2, 0.25) is 0 Å². The van der Waals surface area contributed by atoms with E-state index >= 15 is 0 Å². The number of hydrogen-bond donors (Lipinski definition) is 1. The van der Waals surface area contributed by atoms with Crippen LogP contribution < -0.4 is 29.4 Å². The second kappa shape index (κ2) is 11.8. The Morgan fingerprint density at radius 3 is 1.67 bits per heavy atom. The summed E-state index contributed by atoms with van der Waals surface area (Å²) in [5.41, 5.74) is 2.98. The number of ether oxygens (including phenoxy) is 6. The Bertz CT molecular complexity index is 1670. The highest BCUT2D eigenvalue weighted by Crippen LogP contribution is 2.57. The quantitative estimate of drug-likeness (QED) is 0.252. The zero-order chi connectivity index (χ0) is 33.5. The van der Waals surface area contributed by atoms with Crippen molar-refractivity contribution in [2.24, 2.45) is 17.6 Å². The molecule has 15 nitrogen and oxygen atoms in total. The summed E-state index contributed by atoms with van der Waals surface area (Å²) in [4.78, 5) is 101. The Morgan fingerprint density at radius 1 is 0.756 bits per heavy atom. The molecular formula is C30H27NO14. The van der Waals surface area contributed by atoms with Crippen LogP contribution in [0.4, 0.5) is 0 Å². The predicted molar refractivity (Wildman–Crippen MR) is 146 cm³/mol. The van der Waals surface area contributed by atoms with Gasteiger partial charge in [0.25, 0.3) is 5.91 Å². The van der Waals surface area contributed by atoms with Gasteiger partial charge in [-0.3, -0.25) is 38.4 Å². The van der Waals surface area contributed by atoms with Gasteiger partial charge in [0, 0.05) is 51.7 Å². The maximum atomic E-state index is 13.9. The fraction of sp³-hybridized carbons (Fsp3) is 0.333. The van der Waals surface area contributed by atoms with Gasteiger partial charge in [-0.2, -0.15) is 0 Å². The molecule has 2 aliphatic rings. The number of fused-ring (bicyclic) bond motifs is 4. The van der Waals surface area contributed by atoms with E-state index in [0.717, 1.165) is 34.6 Å². The molecule has 2 aromatic rings. The number of esters is 6. The highest BCUT2D eigenvalue weighted by molar-refractivity contribution is 6.14. The Hall–Kier alpha value is -5.60. The van der Waals surface area contributed by atoms with E-state index in [1.54, 1.807) is 0 Å². The van der Waals surface area contributed by atoms with E-state index in [9.17, 15) is 38.4 Å².